The molecule has 6 heteroatoms. The fourth-order valence-corrected chi connectivity index (χ4v) is 1.91. The fourth-order valence-electron chi connectivity index (χ4n) is 1.91. The van der Waals surface area contributed by atoms with E-state index in [0.29, 0.717) is 16.9 Å². The van der Waals surface area contributed by atoms with E-state index in [0.717, 1.165) is 5.56 Å². The van der Waals surface area contributed by atoms with Gasteiger partial charge in [0, 0.05) is 11.9 Å². The second kappa shape index (κ2) is 4.65. The number of aromatic nitrogens is 3. The molecule has 100 valence electrons. The predicted molar refractivity (Wildman–Crippen MR) is 76.5 cm³/mol. The molecule has 3 aromatic rings. The number of para-hydroxylation sites is 1. The molecule has 6 nitrogen and oxygen atoms in total. The predicted octanol–water partition coefficient (Wildman–Crippen LogP) is 1.87. The third-order valence-electron chi connectivity index (χ3n) is 2.91. The molecule has 0 unspecified atom stereocenters. The molecular weight excluding hydrogens is 254 g/mol. The first-order chi connectivity index (χ1) is 9.63. The highest BCUT2D eigenvalue weighted by Gasteiger charge is 2.12. The average Bonchev–Trinajstić information content (AvgIpc) is 2.80. The molecule has 2 heterocycles. The normalized spacial score (nSPS) is 10.7. The number of nitrogens with two attached hydrogens (primary N) is 1. The highest BCUT2D eigenvalue weighted by molar-refractivity contribution is 6.06. The second-order valence-corrected chi connectivity index (χ2v) is 4.49. The van der Waals surface area contributed by atoms with E-state index in [-0.39, 0.29) is 11.9 Å². The Kier molecular flexibility index (Phi) is 2.83. The molecule has 0 saturated carbocycles. The summed E-state index contributed by atoms with van der Waals surface area (Å²) < 4.78 is 1.62. The molecule has 0 saturated heterocycles. The number of fused-ring (bicyclic) bond motifs is 1. The molecule has 20 heavy (non-hydrogen) atoms. The van der Waals surface area contributed by atoms with E-state index in [1.807, 2.05) is 25.3 Å². The van der Waals surface area contributed by atoms with Gasteiger partial charge < -0.3 is 5.73 Å². The van der Waals surface area contributed by atoms with Crippen LogP contribution in [0.25, 0.3) is 5.65 Å². The minimum Gasteiger partial charge on any atom is -0.398 e. The van der Waals surface area contributed by atoms with E-state index < -0.39 is 0 Å². The number of anilines is 2. The van der Waals surface area contributed by atoms with Crippen LogP contribution in [-0.2, 0) is 0 Å². The van der Waals surface area contributed by atoms with Crippen LogP contribution in [0.15, 0.2) is 42.6 Å². The van der Waals surface area contributed by atoms with E-state index in [9.17, 15) is 4.79 Å². The Morgan fingerprint density at radius 1 is 1.25 bits per heavy atom. The zero-order valence-electron chi connectivity index (χ0n) is 10.9. The summed E-state index contributed by atoms with van der Waals surface area (Å²) in [6.45, 7) is 1.96. The van der Waals surface area contributed by atoms with Gasteiger partial charge in [0.05, 0.1) is 5.56 Å². The van der Waals surface area contributed by atoms with Crippen molar-refractivity contribution in [1.82, 2.24) is 14.6 Å². The number of aryl methyl sites for hydroxylation is 1. The number of rotatable bonds is 2. The summed E-state index contributed by atoms with van der Waals surface area (Å²) in [4.78, 5) is 16.3. The number of carbonyl (C=O) groups is 1. The highest BCUT2D eigenvalue weighted by Crippen LogP contribution is 2.13. The van der Waals surface area contributed by atoms with Gasteiger partial charge >= 0.3 is 0 Å². The van der Waals surface area contributed by atoms with Crippen LogP contribution in [0.4, 0.5) is 11.6 Å². The topological polar surface area (TPSA) is 85.3 Å². The summed E-state index contributed by atoms with van der Waals surface area (Å²) in [6, 6.07) is 10.6. The molecule has 3 rings (SSSR count). The minimum atomic E-state index is -0.323. The van der Waals surface area contributed by atoms with Crippen molar-refractivity contribution in [3.05, 3.63) is 53.7 Å². The first kappa shape index (κ1) is 12.2. The summed E-state index contributed by atoms with van der Waals surface area (Å²) >= 11 is 0. The zero-order valence-corrected chi connectivity index (χ0v) is 10.9. The molecule has 0 atom stereocenters. The minimum absolute atomic E-state index is 0.254. The maximum atomic E-state index is 12.1. The van der Waals surface area contributed by atoms with Crippen LogP contribution < -0.4 is 11.1 Å². The van der Waals surface area contributed by atoms with Gasteiger partial charge in [0.15, 0.2) is 5.65 Å². The number of amides is 1. The molecule has 0 spiro atoms. The summed E-state index contributed by atoms with van der Waals surface area (Å²) in [5.74, 6) is -0.0698. The Bertz CT molecular complexity index is 793. The standard InChI is InChI=1S/C14H13N5O/c1-9-6-7-12-16-14(18-19(12)8-9)17-13(20)10-4-2-3-5-11(10)15/h2-8H,15H2,1H3,(H,17,18,20). The number of nitrogen functional groups attached to an aromatic ring is 1. The summed E-state index contributed by atoms with van der Waals surface area (Å²) in [6.07, 6.45) is 1.84. The Hall–Kier alpha value is -2.89. The third-order valence-corrected chi connectivity index (χ3v) is 2.91. The van der Waals surface area contributed by atoms with Gasteiger partial charge in [-0.2, -0.15) is 4.98 Å². The Morgan fingerprint density at radius 2 is 2.05 bits per heavy atom. The van der Waals surface area contributed by atoms with E-state index in [1.165, 1.54) is 0 Å². The fraction of sp³-hybridized carbons (Fsp3) is 0.0714. The van der Waals surface area contributed by atoms with Gasteiger partial charge in [-0.3, -0.25) is 10.1 Å². The van der Waals surface area contributed by atoms with Crippen LogP contribution in [0.1, 0.15) is 15.9 Å². The molecular formula is C14H13N5O. The van der Waals surface area contributed by atoms with Crippen molar-refractivity contribution in [2.75, 3.05) is 11.1 Å². The Morgan fingerprint density at radius 3 is 2.85 bits per heavy atom. The van der Waals surface area contributed by atoms with Crippen molar-refractivity contribution in [2.24, 2.45) is 0 Å². The maximum Gasteiger partial charge on any atom is 0.260 e. The van der Waals surface area contributed by atoms with Gasteiger partial charge in [0.2, 0.25) is 5.95 Å². The van der Waals surface area contributed by atoms with Gasteiger partial charge in [-0.25, -0.2) is 4.52 Å². The molecule has 2 aromatic heterocycles. The summed E-state index contributed by atoms with van der Waals surface area (Å²) in [5, 5.41) is 6.85. The summed E-state index contributed by atoms with van der Waals surface area (Å²) in [7, 11) is 0. The smallest absolute Gasteiger partial charge is 0.260 e. The van der Waals surface area contributed by atoms with Crippen molar-refractivity contribution in [1.29, 1.82) is 0 Å². The van der Waals surface area contributed by atoms with Crippen LogP contribution in [0.5, 0.6) is 0 Å². The lowest BCUT2D eigenvalue weighted by Crippen LogP contribution is -2.14. The van der Waals surface area contributed by atoms with Gasteiger partial charge in [-0.05, 0) is 30.7 Å². The molecule has 0 aliphatic heterocycles. The average molecular weight is 267 g/mol. The van der Waals surface area contributed by atoms with Crippen molar-refractivity contribution < 1.29 is 4.79 Å². The first-order valence-corrected chi connectivity index (χ1v) is 6.12. The molecule has 1 aromatic carbocycles. The number of nitrogens with one attached hydrogen (secondary N) is 1. The molecule has 3 N–H and O–H groups in total. The van der Waals surface area contributed by atoms with Crippen LogP contribution in [0, 0.1) is 6.92 Å². The maximum absolute atomic E-state index is 12.1. The molecule has 0 aliphatic rings. The van der Waals surface area contributed by atoms with Crippen LogP contribution in [0.2, 0.25) is 0 Å². The van der Waals surface area contributed by atoms with Crippen molar-refractivity contribution >= 4 is 23.2 Å². The summed E-state index contributed by atoms with van der Waals surface area (Å²) in [5.41, 5.74) is 8.32. The number of hydrogen-bond donors (Lipinski definition) is 2. The van der Waals surface area contributed by atoms with Gasteiger partial charge in [0.25, 0.3) is 5.91 Å². The monoisotopic (exact) mass is 267 g/mol. The van der Waals surface area contributed by atoms with Gasteiger partial charge in [0.1, 0.15) is 0 Å². The quantitative estimate of drug-likeness (QED) is 0.694. The Labute approximate surface area is 115 Å². The van der Waals surface area contributed by atoms with Crippen LogP contribution in [-0.4, -0.2) is 20.5 Å². The van der Waals surface area contributed by atoms with Crippen molar-refractivity contribution in [3.8, 4) is 0 Å². The van der Waals surface area contributed by atoms with Crippen molar-refractivity contribution in [3.63, 3.8) is 0 Å². The lowest BCUT2D eigenvalue weighted by atomic mass is 10.2. The molecule has 0 aliphatic carbocycles. The van der Waals surface area contributed by atoms with Crippen LogP contribution >= 0.6 is 0 Å². The second-order valence-electron chi connectivity index (χ2n) is 4.49. The number of nitrogens with zero attached hydrogens (tertiary/aromatic N) is 3. The zero-order chi connectivity index (χ0) is 14.1. The van der Waals surface area contributed by atoms with E-state index in [2.05, 4.69) is 15.4 Å². The highest BCUT2D eigenvalue weighted by atomic mass is 16.1. The van der Waals surface area contributed by atoms with Gasteiger partial charge in [-0.1, -0.05) is 18.2 Å². The SMILES string of the molecule is Cc1ccc2nc(NC(=O)c3ccccc3N)nn2c1. The number of pyridine rings is 1. The molecule has 1 amide bonds. The Balaban J connectivity index is 1.89. The van der Waals surface area contributed by atoms with E-state index in [1.54, 1.807) is 28.8 Å². The lowest BCUT2D eigenvalue weighted by molar-refractivity contribution is 0.102. The first-order valence-electron chi connectivity index (χ1n) is 6.12. The number of hydrogen-bond acceptors (Lipinski definition) is 4. The van der Waals surface area contributed by atoms with Crippen molar-refractivity contribution in [2.45, 2.75) is 6.92 Å². The largest absolute Gasteiger partial charge is 0.398 e. The molecule has 0 fully saturated rings. The molecule has 0 radical (unpaired) electrons. The van der Waals surface area contributed by atoms with E-state index >= 15 is 0 Å². The third kappa shape index (κ3) is 2.18. The van der Waals surface area contributed by atoms with Crippen LogP contribution in [0.3, 0.4) is 0 Å². The number of carbonyl (C=O) groups excluding carboxylic acids is 1. The number of benzene rings is 1. The molecule has 0 bridgehead atoms. The lowest BCUT2D eigenvalue weighted by Gasteiger charge is -2.03. The van der Waals surface area contributed by atoms with Gasteiger partial charge in [-0.15, -0.1) is 5.10 Å². The van der Waals surface area contributed by atoms with E-state index in [4.69, 9.17) is 5.73 Å².